The number of carbonyl (C=O) groups excluding carboxylic acids is 1. The largest absolute Gasteiger partial charge is 0.302 e. The van der Waals surface area contributed by atoms with Gasteiger partial charge in [-0.05, 0) is 36.1 Å². The minimum atomic E-state index is 0.0705. The molecule has 0 aliphatic heterocycles. The van der Waals surface area contributed by atoms with Gasteiger partial charge < -0.3 is 5.32 Å². The van der Waals surface area contributed by atoms with Gasteiger partial charge >= 0.3 is 0 Å². The van der Waals surface area contributed by atoms with Crippen molar-refractivity contribution in [3.63, 3.8) is 0 Å². The highest BCUT2D eigenvalue weighted by Gasteiger charge is 2.44. The number of anilines is 1. The summed E-state index contributed by atoms with van der Waals surface area (Å²) in [5.41, 5.74) is 2.16. The zero-order valence-corrected chi connectivity index (χ0v) is 14.0. The first kappa shape index (κ1) is 13.9. The number of nitrogens with zero attached hydrogens (tertiary/aromatic N) is 1. The summed E-state index contributed by atoms with van der Waals surface area (Å²) in [7, 11) is 0. The summed E-state index contributed by atoms with van der Waals surface area (Å²) >= 11 is 4.96. The third kappa shape index (κ3) is 2.66. The highest BCUT2D eigenvalue weighted by Crippen LogP contribution is 2.48. The lowest BCUT2D eigenvalue weighted by atomic mass is 10.1. The molecule has 1 aliphatic rings. The van der Waals surface area contributed by atoms with Crippen molar-refractivity contribution in [1.29, 1.82) is 0 Å². The number of carbonyl (C=O) groups is 1. The van der Waals surface area contributed by atoms with E-state index in [1.165, 1.54) is 16.9 Å². The maximum atomic E-state index is 12.3. The first-order chi connectivity index (χ1) is 10.7. The van der Waals surface area contributed by atoms with Gasteiger partial charge in [-0.25, -0.2) is 4.98 Å². The van der Waals surface area contributed by atoms with Crippen LogP contribution in [0.4, 0.5) is 5.13 Å². The van der Waals surface area contributed by atoms with Gasteiger partial charge in [0.25, 0.3) is 0 Å². The molecule has 0 unspecified atom stereocenters. The predicted molar refractivity (Wildman–Crippen MR) is 93.2 cm³/mol. The molecule has 0 bridgehead atoms. The van der Waals surface area contributed by atoms with Gasteiger partial charge in [-0.1, -0.05) is 57.6 Å². The second-order valence-corrected chi connectivity index (χ2v) is 7.43. The fourth-order valence-corrected chi connectivity index (χ4v) is 4.12. The number of rotatable bonds is 3. The molecule has 1 N–H and O–H groups in total. The molecular formula is C17H13BrN2OS. The molecule has 3 nitrogen and oxygen atoms in total. The average molecular weight is 373 g/mol. The first-order valence-electron chi connectivity index (χ1n) is 7.12. The Hall–Kier alpha value is -1.72. The fourth-order valence-electron chi connectivity index (χ4n) is 2.70. The van der Waals surface area contributed by atoms with Crippen LogP contribution in [0.2, 0.25) is 0 Å². The van der Waals surface area contributed by atoms with Gasteiger partial charge in [-0.3, -0.25) is 4.79 Å². The molecule has 1 aromatic heterocycles. The van der Waals surface area contributed by atoms with Gasteiger partial charge in [0.1, 0.15) is 0 Å². The number of fused-ring (bicyclic) bond motifs is 1. The quantitative estimate of drug-likeness (QED) is 0.717. The summed E-state index contributed by atoms with van der Waals surface area (Å²) in [6.45, 7) is 0. The number of benzene rings is 2. The molecule has 1 saturated carbocycles. The van der Waals surface area contributed by atoms with E-state index in [9.17, 15) is 4.79 Å². The molecule has 1 amide bonds. The van der Waals surface area contributed by atoms with Gasteiger partial charge in [0.05, 0.1) is 10.2 Å². The Morgan fingerprint density at radius 3 is 2.86 bits per heavy atom. The summed E-state index contributed by atoms with van der Waals surface area (Å²) in [5.74, 6) is 0.498. The molecule has 0 radical (unpaired) electrons. The van der Waals surface area contributed by atoms with Crippen LogP contribution in [0, 0.1) is 5.92 Å². The summed E-state index contributed by atoms with van der Waals surface area (Å²) < 4.78 is 2.09. The third-order valence-electron chi connectivity index (χ3n) is 3.94. The second kappa shape index (κ2) is 5.48. The Balaban J connectivity index is 1.48. The lowest BCUT2D eigenvalue weighted by Crippen LogP contribution is -2.14. The van der Waals surface area contributed by atoms with Crippen molar-refractivity contribution in [2.24, 2.45) is 5.92 Å². The van der Waals surface area contributed by atoms with Crippen molar-refractivity contribution in [1.82, 2.24) is 4.98 Å². The average Bonchev–Trinajstić information content (AvgIpc) is 3.23. The standard InChI is InChI=1S/C17H13BrN2OS/c18-11-6-7-14-15(8-11)22-17(19-14)20-16(21)13-9-12(13)10-4-2-1-3-5-10/h1-8,12-13H,9H2,(H,19,20,21)/t12-,13-/m1/s1. The molecule has 0 saturated heterocycles. The molecule has 1 aliphatic carbocycles. The summed E-state index contributed by atoms with van der Waals surface area (Å²) in [5, 5.41) is 3.64. The minimum Gasteiger partial charge on any atom is -0.302 e. The number of halogens is 1. The van der Waals surface area contributed by atoms with E-state index in [1.807, 2.05) is 36.4 Å². The molecule has 1 heterocycles. The Morgan fingerprint density at radius 2 is 2.05 bits per heavy atom. The van der Waals surface area contributed by atoms with E-state index in [0.29, 0.717) is 11.0 Å². The fraction of sp³-hybridized carbons (Fsp3) is 0.176. The normalized spacial score (nSPS) is 20.0. The van der Waals surface area contributed by atoms with Crippen LogP contribution in [-0.4, -0.2) is 10.9 Å². The molecule has 22 heavy (non-hydrogen) atoms. The van der Waals surface area contributed by atoms with Crippen molar-refractivity contribution in [3.05, 3.63) is 58.6 Å². The van der Waals surface area contributed by atoms with E-state index in [4.69, 9.17) is 0 Å². The zero-order valence-electron chi connectivity index (χ0n) is 11.6. The molecule has 0 spiro atoms. The number of hydrogen-bond acceptors (Lipinski definition) is 3. The van der Waals surface area contributed by atoms with Crippen LogP contribution < -0.4 is 5.32 Å². The monoisotopic (exact) mass is 372 g/mol. The maximum Gasteiger partial charge on any atom is 0.229 e. The Labute approximate surface area is 140 Å². The van der Waals surface area contributed by atoms with Crippen molar-refractivity contribution < 1.29 is 4.79 Å². The van der Waals surface area contributed by atoms with Crippen LogP contribution in [0.1, 0.15) is 17.9 Å². The molecule has 2 aromatic carbocycles. The SMILES string of the molecule is O=C(Nc1nc2ccc(Br)cc2s1)[C@@H]1C[C@@H]1c1ccccc1. The molecule has 5 heteroatoms. The van der Waals surface area contributed by atoms with E-state index in [1.54, 1.807) is 0 Å². The minimum absolute atomic E-state index is 0.0705. The maximum absolute atomic E-state index is 12.3. The second-order valence-electron chi connectivity index (χ2n) is 5.48. The molecule has 4 rings (SSSR count). The van der Waals surface area contributed by atoms with Crippen molar-refractivity contribution in [2.45, 2.75) is 12.3 Å². The molecule has 110 valence electrons. The van der Waals surface area contributed by atoms with Gasteiger partial charge in [-0.2, -0.15) is 0 Å². The Morgan fingerprint density at radius 1 is 1.23 bits per heavy atom. The molecule has 2 atom stereocenters. The van der Waals surface area contributed by atoms with Crippen LogP contribution in [-0.2, 0) is 4.79 Å². The lowest BCUT2D eigenvalue weighted by Gasteiger charge is -2.01. The number of amides is 1. The van der Waals surface area contributed by atoms with Gasteiger partial charge in [0.15, 0.2) is 5.13 Å². The molecular weight excluding hydrogens is 360 g/mol. The van der Waals surface area contributed by atoms with Crippen LogP contribution in [0.3, 0.4) is 0 Å². The van der Waals surface area contributed by atoms with E-state index >= 15 is 0 Å². The van der Waals surface area contributed by atoms with Crippen molar-refractivity contribution in [3.8, 4) is 0 Å². The summed E-state index contributed by atoms with van der Waals surface area (Å²) in [6, 6.07) is 16.2. The zero-order chi connectivity index (χ0) is 15.1. The number of hydrogen-bond donors (Lipinski definition) is 1. The van der Waals surface area contributed by atoms with E-state index in [2.05, 4.69) is 38.4 Å². The summed E-state index contributed by atoms with van der Waals surface area (Å²) in [4.78, 5) is 16.8. The first-order valence-corrected chi connectivity index (χ1v) is 8.73. The third-order valence-corrected chi connectivity index (χ3v) is 5.36. The van der Waals surface area contributed by atoms with E-state index < -0.39 is 0 Å². The molecule has 3 aromatic rings. The van der Waals surface area contributed by atoms with Gasteiger partial charge in [-0.15, -0.1) is 0 Å². The highest BCUT2D eigenvalue weighted by molar-refractivity contribution is 9.10. The topological polar surface area (TPSA) is 42.0 Å². The Kier molecular flexibility index (Phi) is 3.47. The number of aromatic nitrogens is 1. The van der Waals surface area contributed by atoms with Crippen LogP contribution in [0.15, 0.2) is 53.0 Å². The lowest BCUT2D eigenvalue weighted by molar-refractivity contribution is -0.117. The smallest absolute Gasteiger partial charge is 0.229 e. The van der Waals surface area contributed by atoms with E-state index in [0.717, 1.165) is 21.1 Å². The van der Waals surface area contributed by atoms with Crippen LogP contribution in [0.25, 0.3) is 10.2 Å². The highest BCUT2D eigenvalue weighted by atomic mass is 79.9. The molecule has 1 fully saturated rings. The van der Waals surface area contributed by atoms with Crippen molar-refractivity contribution in [2.75, 3.05) is 5.32 Å². The van der Waals surface area contributed by atoms with Gasteiger partial charge in [0, 0.05) is 10.4 Å². The van der Waals surface area contributed by atoms with Crippen molar-refractivity contribution >= 4 is 48.5 Å². The number of nitrogens with one attached hydrogen (secondary N) is 1. The summed E-state index contributed by atoms with van der Waals surface area (Å²) in [6.07, 6.45) is 0.923. The Bertz CT molecular complexity index is 846. The van der Waals surface area contributed by atoms with Gasteiger partial charge in [0.2, 0.25) is 5.91 Å². The van der Waals surface area contributed by atoms with Crippen LogP contribution in [0.5, 0.6) is 0 Å². The van der Waals surface area contributed by atoms with Crippen LogP contribution >= 0.6 is 27.3 Å². The van der Waals surface area contributed by atoms with E-state index in [-0.39, 0.29) is 11.8 Å². The number of thiazole rings is 1. The predicted octanol–water partition coefficient (Wildman–Crippen LogP) is 4.80.